The zero-order valence-corrected chi connectivity index (χ0v) is 15.8. The van der Waals surface area contributed by atoms with Gasteiger partial charge in [-0.1, -0.05) is 55.2 Å². The molecule has 0 N–H and O–H groups in total. The van der Waals surface area contributed by atoms with Crippen LogP contribution in [0.2, 0.25) is 0 Å². The van der Waals surface area contributed by atoms with Crippen LogP contribution in [0.3, 0.4) is 0 Å². The molecule has 4 rings (SSSR count). The Hall–Kier alpha value is -3.51. The summed E-state index contributed by atoms with van der Waals surface area (Å²) in [6.45, 7) is 2.11. The molecular formula is C26H17F3. The Kier molecular flexibility index (Phi) is 5.10. The summed E-state index contributed by atoms with van der Waals surface area (Å²) in [4.78, 5) is 0. The normalized spacial score (nSPS) is 10.6. The van der Waals surface area contributed by atoms with E-state index in [1.165, 1.54) is 11.6 Å². The maximum absolute atomic E-state index is 13.9. The highest BCUT2D eigenvalue weighted by Crippen LogP contribution is 2.28. The number of rotatable bonds is 2. The molecule has 29 heavy (non-hydrogen) atoms. The topological polar surface area (TPSA) is 0 Å². The van der Waals surface area contributed by atoms with Crippen LogP contribution in [-0.2, 0) is 6.42 Å². The van der Waals surface area contributed by atoms with E-state index in [2.05, 4.69) is 30.9 Å². The van der Waals surface area contributed by atoms with Crippen molar-refractivity contribution in [2.75, 3.05) is 0 Å². The molecule has 0 aliphatic carbocycles. The van der Waals surface area contributed by atoms with E-state index < -0.39 is 17.5 Å². The SMILES string of the molecule is CCc1ccc(C#Cc2ccc(-c3ccc4c(F)c(F)c(F)cc4c3)cc2)cc1. The van der Waals surface area contributed by atoms with Gasteiger partial charge >= 0.3 is 0 Å². The van der Waals surface area contributed by atoms with Crippen molar-refractivity contribution < 1.29 is 13.2 Å². The predicted molar refractivity (Wildman–Crippen MR) is 111 cm³/mol. The Morgan fingerprint density at radius 3 is 1.86 bits per heavy atom. The molecule has 0 spiro atoms. The zero-order valence-electron chi connectivity index (χ0n) is 15.8. The third-order valence-corrected chi connectivity index (χ3v) is 4.90. The van der Waals surface area contributed by atoms with E-state index in [0.29, 0.717) is 5.39 Å². The van der Waals surface area contributed by atoms with Crippen molar-refractivity contribution >= 4 is 10.8 Å². The first kappa shape index (κ1) is 18.8. The van der Waals surface area contributed by atoms with Gasteiger partial charge in [0.25, 0.3) is 0 Å². The molecule has 0 atom stereocenters. The number of hydrogen-bond donors (Lipinski definition) is 0. The van der Waals surface area contributed by atoms with E-state index in [1.54, 1.807) is 12.1 Å². The Morgan fingerprint density at radius 1 is 0.655 bits per heavy atom. The fraction of sp³-hybridized carbons (Fsp3) is 0.0769. The Bertz CT molecular complexity index is 1240. The van der Waals surface area contributed by atoms with Gasteiger partial charge < -0.3 is 0 Å². The largest absolute Gasteiger partial charge is 0.204 e. The number of halogens is 3. The summed E-state index contributed by atoms with van der Waals surface area (Å²) in [5.41, 5.74) is 4.77. The number of aryl methyl sites for hydroxylation is 1. The molecule has 4 aromatic rings. The van der Waals surface area contributed by atoms with Crippen molar-refractivity contribution in [2.45, 2.75) is 13.3 Å². The molecule has 0 aliphatic rings. The monoisotopic (exact) mass is 386 g/mol. The van der Waals surface area contributed by atoms with E-state index in [1.807, 2.05) is 36.4 Å². The van der Waals surface area contributed by atoms with Crippen molar-refractivity contribution in [3.05, 3.63) is 107 Å². The van der Waals surface area contributed by atoms with Gasteiger partial charge in [-0.3, -0.25) is 0 Å². The van der Waals surface area contributed by atoms with Crippen LogP contribution >= 0.6 is 0 Å². The molecule has 3 heteroatoms. The third kappa shape index (κ3) is 3.88. The van der Waals surface area contributed by atoms with Crippen molar-refractivity contribution in [1.82, 2.24) is 0 Å². The van der Waals surface area contributed by atoms with Gasteiger partial charge in [-0.25, -0.2) is 13.2 Å². The lowest BCUT2D eigenvalue weighted by Gasteiger charge is -2.06. The molecule has 0 bridgehead atoms. The van der Waals surface area contributed by atoms with Crippen LogP contribution in [-0.4, -0.2) is 0 Å². The minimum atomic E-state index is -1.45. The zero-order chi connectivity index (χ0) is 20.4. The third-order valence-electron chi connectivity index (χ3n) is 4.90. The molecule has 0 nitrogen and oxygen atoms in total. The summed E-state index contributed by atoms with van der Waals surface area (Å²) in [7, 11) is 0. The highest BCUT2D eigenvalue weighted by atomic mass is 19.2. The van der Waals surface area contributed by atoms with E-state index in [4.69, 9.17) is 0 Å². The van der Waals surface area contributed by atoms with Crippen LogP contribution in [0.4, 0.5) is 13.2 Å². The Balaban J connectivity index is 1.61. The Labute approximate surface area is 167 Å². The molecular weight excluding hydrogens is 369 g/mol. The number of hydrogen-bond acceptors (Lipinski definition) is 0. The van der Waals surface area contributed by atoms with Crippen molar-refractivity contribution in [2.24, 2.45) is 0 Å². The van der Waals surface area contributed by atoms with Gasteiger partial charge in [0.2, 0.25) is 0 Å². The molecule has 0 unspecified atom stereocenters. The summed E-state index contributed by atoms with van der Waals surface area (Å²) in [6.07, 6.45) is 0.998. The molecule has 0 heterocycles. The average Bonchev–Trinajstić information content (AvgIpc) is 2.76. The first-order chi connectivity index (χ1) is 14.0. The summed E-state index contributed by atoms with van der Waals surface area (Å²) in [5.74, 6) is 2.48. The van der Waals surface area contributed by atoms with Crippen LogP contribution in [0.1, 0.15) is 23.6 Å². The van der Waals surface area contributed by atoms with Crippen LogP contribution in [0, 0.1) is 29.3 Å². The highest BCUT2D eigenvalue weighted by Gasteiger charge is 2.13. The molecule has 0 aromatic heterocycles. The molecule has 0 amide bonds. The van der Waals surface area contributed by atoms with E-state index in [0.717, 1.165) is 34.7 Å². The standard InChI is InChI=1S/C26H17F3/c1-2-17-3-5-18(6-4-17)7-8-19-9-11-20(12-10-19)21-13-14-23-22(15-21)16-24(27)26(29)25(23)28/h3-6,9-16H,2H2,1H3. The quantitative estimate of drug-likeness (QED) is 0.260. The first-order valence-corrected chi connectivity index (χ1v) is 9.34. The van der Waals surface area contributed by atoms with Gasteiger partial charge in [0, 0.05) is 16.5 Å². The summed E-state index contributed by atoms with van der Waals surface area (Å²) in [6, 6.07) is 21.6. The summed E-state index contributed by atoms with van der Waals surface area (Å²) < 4.78 is 40.8. The first-order valence-electron chi connectivity index (χ1n) is 9.34. The number of benzene rings is 4. The maximum atomic E-state index is 13.9. The molecule has 0 saturated carbocycles. The second-order valence-electron chi connectivity index (χ2n) is 6.80. The van der Waals surface area contributed by atoms with Gasteiger partial charge in [-0.2, -0.15) is 0 Å². The molecule has 142 valence electrons. The van der Waals surface area contributed by atoms with Gasteiger partial charge in [0.05, 0.1) is 0 Å². The van der Waals surface area contributed by atoms with Gasteiger partial charge in [0.15, 0.2) is 17.5 Å². The van der Waals surface area contributed by atoms with Crippen molar-refractivity contribution in [3.63, 3.8) is 0 Å². The summed E-state index contributed by atoms with van der Waals surface area (Å²) >= 11 is 0. The smallest absolute Gasteiger partial charge is 0.195 e. The van der Waals surface area contributed by atoms with Crippen LogP contribution in [0.25, 0.3) is 21.9 Å². The van der Waals surface area contributed by atoms with Gasteiger partial charge in [0.1, 0.15) is 0 Å². The van der Waals surface area contributed by atoms with Crippen molar-refractivity contribution in [1.29, 1.82) is 0 Å². The minimum absolute atomic E-state index is 0.0595. The van der Waals surface area contributed by atoms with Gasteiger partial charge in [-0.15, -0.1) is 0 Å². The maximum Gasteiger partial charge on any atom is 0.195 e. The second kappa shape index (κ2) is 7.85. The van der Waals surface area contributed by atoms with E-state index >= 15 is 0 Å². The lowest BCUT2D eigenvalue weighted by atomic mass is 10.00. The van der Waals surface area contributed by atoms with E-state index in [-0.39, 0.29) is 5.39 Å². The molecule has 0 fully saturated rings. The van der Waals surface area contributed by atoms with Crippen LogP contribution < -0.4 is 0 Å². The van der Waals surface area contributed by atoms with Crippen LogP contribution in [0.5, 0.6) is 0 Å². The minimum Gasteiger partial charge on any atom is -0.204 e. The Morgan fingerprint density at radius 2 is 1.24 bits per heavy atom. The van der Waals surface area contributed by atoms with Gasteiger partial charge in [-0.05, 0) is 64.9 Å². The second-order valence-corrected chi connectivity index (χ2v) is 6.80. The fourth-order valence-electron chi connectivity index (χ4n) is 3.20. The highest BCUT2D eigenvalue weighted by molar-refractivity contribution is 5.88. The molecule has 0 saturated heterocycles. The number of fused-ring (bicyclic) bond motifs is 1. The predicted octanol–water partition coefficient (Wildman–Crippen LogP) is 6.89. The summed E-state index contributed by atoms with van der Waals surface area (Å²) in [5, 5.41) is 0.377. The average molecular weight is 386 g/mol. The fourth-order valence-corrected chi connectivity index (χ4v) is 3.20. The van der Waals surface area contributed by atoms with E-state index in [9.17, 15) is 13.2 Å². The molecule has 4 aromatic carbocycles. The molecule has 0 radical (unpaired) electrons. The van der Waals surface area contributed by atoms with Crippen molar-refractivity contribution in [3.8, 4) is 23.0 Å². The van der Waals surface area contributed by atoms with Crippen LogP contribution in [0.15, 0.2) is 72.8 Å². The lowest BCUT2D eigenvalue weighted by molar-refractivity contribution is 0.453. The molecule has 0 aliphatic heterocycles. The lowest BCUT2D eigenvalue weighted by Crippen LogP contribution is -1.92.